The molecule has 2 heterocycles. The topological polar surface area (TPSA) is 82.5 Å². The van der Waals surface area contributed by atoms with Crippen molar-refractivity contribution in [2.45, 2.75) is 6.54 Å². The molecule has 2 aromatic rings. The summed E-state index contributed by atoms with van der Waals surface area (Å²) in [5.41, 5.74) is 5.41. The number of aromatic nitrogens is 5. The molecule has 12 heavy (non-hydrogen) atoms. The molecule has 2 N–H and O–H groups in total. The summed E-state index contributed by atoms with van der Waals surface area (Å²) < 4.78 is 1.67. The Morgan fingerprint density at radius 1 is 1.50 bits per heavy atom. The van der Waals surface area contributed by atoms with Crippen molar-refractivity contribution in [3.8, 4) is 0 Å². The monoisotopic (exact) mass is 182 g/mol. The highest BCUT2D eigenvalue weighted by molar-refractivity contribution is 7.15. The number of anilines is 1. The summed E-state index contributed by atoms with van der Waals surface area (Å²) in [6.07, 6.45) is 3.10. The first-order valence-corrected chi connectivity index (χ1v) is 4.06. The molecular formula is C5H6N6S. The summed E-state index contributed by atoms with van der Waals surface area (Å²) in [4.78, 5) is 3.80. The van der Waals surface area contributed by atoms with Gasteiger partial charge in [-0.1, -0.05) is 11.3 Å². The zero-order valence-electron chi connectivity index (χ0n) is 6.08. The van der Waals surface area contributed by atoms with Crippen LogP contribution in [0.15, 0.2) is 12.7 Å². The molecule has 0 atom stereocenters. The molecule has 2 aromatic heterocycles. The van der Waals surface area contributed by atoms with Crippen LogP contribution >= 0.6 is 11.3 Å². The van der Waals surface area contributed by atoms with Gasteiger partial charge >= 0.3 is 0 Å². The summed E-state index contributed by atoms with van der Waals surface area (Å²) in [5, 5.41) is 12.8. The van der Waals surface area contributed by atoms with Gasteiger partial charge in [-0.3, -0.25) is 0 Å². The summed E-state index contributed by atoms with van der Waals surface area (Å²) >= 11 is 1.35. The van der Waals surface area contributed by atoms with Crippen LogP contribution in [0.3, 0.4) is 0 Å². The highest BCUT2D eigenvalue weighted by Crippen LogP contribution is 2.11. The molecule has 0 aliphatic heterocycles. The Morgan fingerprint density at radius 3 is 3.00 bits per heavy atom. The summed E-state index contributed by atoms with van der Waals surface area (Å²) in [5.74, 6) is 0. The highest BCUT2D eigenvalue weighted by Gasteiger charge is 2.01. The molecule has 0 radical (unpaired) electrons. The number of nitrogens with zero attached hydrogens (tertiary/aromatic N) is 5. The van der Waals surface area contributed by atoms with E-state index in [0.717, 1.165) is 5.01 Å². The second-order valence-corrected chi connectivity index (χ2v) is 3.22. The van der Waals surface area contributed by atoms with Gasteiger partial charge in [-0.05, 0) is 0 Å². The molecule has 0 aromatic carbocycles. The molecule has 6 nitrogen and oxygen atoms in total. The van der Waals surface area contributed by atoms with Crippen LogP contribution in [0.25, 0.3) is 0 Å². The van der Waals surface area contributed by atoms with E-state index in [1.54, 1.807) is 11.0 Å². The Kier molecular flexibility index (Phi) is 1.71. The van der Waals surface area contributed by atoms with E-state index in [0.29, 0.717) is 11.7 Å². The first-order chi connectivity index (χ1) is 5.84. The van der Waals surface area contributed by atoms with Crippen LogP contribution in [0.1, 0.15) is 5.01 Å². The van der Waals surface area contributed by atoms with Crippen LogP contribution in [0, 0.1) is 0 Å². The third-order valence-corrected chi connectivity index (χ3v) is 1.98. The van der Waals surface area contributed by atoms with Gasteiger partial charge in [0, 0.05) is 0 Å². The van der Waals surface area contributed by atoms with Gasteiger partial charge in [-0.2, -0.15) is 5.10 Å². The predicted octanol–water partition coefficient (Wildman–Crippen LogP) is -0.240. The van der Waals surface area contributed by atoms with Crippen LogP contribution in [0.4, 0.5) is 5.13 Å². The Balaban J connectivity index is 2.14. The number of hydrogen-bond acceptors (Lipinski definition) is 6. The lowest BCUT2D eigenvalue weighted by Crippen LogP contribution is -1.99. The molecule has 0 saturated heterocycles. The Bertz CT molecular complexity index is 352. The van der Waals surface area contributed by atoms with E-state index in [-0.39, 0.29) is 0 Å². The summed E-state index contributed by atoms with van der Waals surface area (Å²) in [6.45, 7) is 0.578. The molecule has 0 unspecified atom stereocenters. The average Bonchev–Trinajstić information content (AvgIpc) is 2.63. The maximum atomic E-state index is 5.41. The Hall–Kier alpha value is -1.50. The van der Waals surface area contributed by atoms with Gasteiger partial charge in [0.2, 0.25) is 5.13 Å². The highest BCUT2D eigenvalue weighted by atomic mass is 32.1. The van der Waals surface area contributed by atoms with Crippen molar-refractivity contribution in [1.82, 2.24) is 25.0 Å². The molecule has 7 heteroatoms. The minimum Gasteiger partial charge on any atom is -0.374 e. The fraction of sp³-hybridized carbons (Fsp3) is 0.200. The Morgan fingerprint density at radius 2 is 2.42 bits per heavy atom. The smallest absolute Gasteiger partial charge is 0.203 e. The lowest BCUT2D eigenvalue weighted by atomic mass is 10.7. The van der Waals surface area contributed by atoms with Crippen LogP contribution in [-0.2, 0) is 6.54 Å². The van der Waals surface area contributed by atoms with Crippen molar-refractivity contribution in [2.75, 3.05) is 5.73 Å². The van der Waals surface area contributed by atoms with Crippen molar-refractivity contribution < 1.29 is 0 Å². The minimum absolute atomic E-state index is 0.477. The molecule has 0 amide bonds. The van der Waals surface area contributed by atoms with Gasteiger partial charge in [0.25, 0.3) is 0 Å². The summed E-state index contributed by atoms with van der Waals surface area (Å²) in [6, 6.07) is 0. The first-order valence-electron chi connectivity index (χ1n) is 3.25. The molecule has 0 spiro atoms. The zero-order valence-corrected chi connectivity index (χ0v) is 6.90. The van der Waals surface area contributed by atoms with Gasteiger partial charge in [-0.15, -0.1) is 10.2 Å². The fourth-order valence-corrected chi connectivity index (χ4v) is 1.38. The van der Waals surface area contributed by atoms with Gasteiger partial charge in [0.1, 0.15) is 17.7 Å². The predicted molar refractivity (Wildman–Crippen MR) is 43.4 cm³/mol. The second-order valence-electron chi connectivity index (χ2n) is 2.13. The molecule has 0 bridgehead atoms. The molecule has 2 rings (SSSR count). The van der Waals surface area contributed by atoms with E-state index in [1.807, 2.05) is 0 Å². The van der Waals surface area contributed by atoms with E-state index in [1.165, 1.54) is 17.7 Å². The quantitative estimate of drug-likeness (QED) is 0.693. The van der Waals surface area contributed by atoms with Crippen molar-refractivity contribution >= 4 is 16.5 Å². The van der Waals surface area contributed by atoms with E-state index >= 15 is 0 Å². The molecule has 0 fully saturated rings. The van der Waals surface area contributed by atoms with Crippen LogP contribution < -0.4 is 5.73 Å². The van der Waals surface area contributed by atoms with E-state index in [9.17, 15) is 0 Å². The largest absolute Gasteiger partial charge is 0.374 e. The van der Waals surface area contributed by atoms with E-state index in [4.69, 9.17) is 5.73 Å². The SMILES string of the molecule is Nc1nnc(Cn2cncn2)s1. The van der Waals surface area contributed by atoms with Gasteiger partial charge in [0.05, 0.1) is 6.54 Å². The lowest BCUT2D eigenvalue weighted by molar-refractivity contribution is 0.675. The van der Waals surface area contributed by atoms with Crippen LogP contribution in [0.2, 0.25) is 0 Å². The lowest BCUT2D eigenvalue weighted by Gasteiger charge is -1.92. The first kappa shape index (κ1) is 7.17. The minimum atomic E-state index is 0.477. The van der Waals surface area contributed by atoms with E-state index in [2.05, 4.69) is 20.3 Å². The van der Waals surface area contributed by atoms with Crippen LogP contribution in [0.5, 0.6) is 0 Å². The molecule has 0 aliphatic rings. The normalized spacial score (nSPS) is 10.3. The maximum Gasteiger partial charge on any atom is 0.203 e. The number of rotatable bonds is 2. The number of nitrogens with two attached hydrogens (primary N) is 1. The van der Waals surface area contributed by atoms with E-state index < -0.39 is 0 Å². The summed E-state index contributed by atoms with van der Waals surface area (Å²) in [7, 11) is 0. The van der Waals surface area contributed by atoms with Gasteiger partial charge in [0.15, 0.2) is 0 Å². The molecular weight excluding hydrogens is 176 g/mol. The van der Waals surface area contributed by atoms with Crippen molar-refractivity contribution in [1.29, 1.82) is 0 Å². The zero-order chi connectivity index (χ0) is 8.39. The number of hydrogen-bond donors (Lipinski definition) is 1. The standard InChI is InChI=1S/C5H6N6S/c6-5-10-9-4(12-5)1-11-3-7-2-8-11/h2-3H,1H2,(H2,6,10). The third kappa shape index (κ3) is 1.40. The maximum absolute atomic E-state index is 5.41. The average molecular weight is 182 g/mol. The molecule has 0 aliphatic carbocycles. The van der Waals surface area contributed by atoms with Crippen molar-refractivity contribution in [2.24, 2.45) is 0 Å². The van der Waals surface area contributed by atoms with Crippen molar-refractivity contribution in [3.63, 3.8) is 0 Å². The van der Waals surface area contributed by atoms with Gasteiger partial charge < -0.3 is 5.73 Å². The van der Waals surface area contributed by atoms with Crippen LogP contribution in [-0.4, -0.2) is 25.0 Å². The Labute approximate surface area is 72.1 Å². The molecule has 0 saturated carbocycles. The third-order valence-electron chi connectivity index (χ3n) is 1.25. The fourth-order valence-electron chi connectivity index (χ4n) is 0.783. The number of nitrogen functional groups attached to an aromatic ring is 1. The van der Waals surface area contributed by atoms with Crippen molar-refractivity contribution in [3.05, 3.63) is 17.7 Å². The molecule has 62 valence electrons. The van der Waals surface area contributed by atoms with Gasteiger partial charge in [-0.25, -0.2) is 9.67 Å². The second kappa shape index (κ2) is 2.86.